The number of hydrogen-bond donors (Lipinski definition) is 1. The molecule has 1 aliphatic rings. The maximum atomic E-state index is 11.8. The number of carbonyl (C=O) groups excluding carboxylic acids is 3. The van der Waals surface area contributed by atoms with E-state index in [2.05, 4.69) is 5.32 Å². The maximum absolute atomic E-state index is 11.8. The lowest BCUT2D eigenvalue weighted by Crippen LogP contribution is -2.40. The van der Waals surface area contributed by atoms with Crippen molar-refractivity contribution in [1.29, 1.82) is 0 Å². The first kappa shape index (κ1) is 14.0. The van der Waals surface area contributed by atoms with E-state index in [4.69, 9.17) is 4.74 Å². The standard InChI is InChI=1S/C14H16N2O4/c1-10(17)15-12-7-16(8-13(12)18)14(19)20-9-11-5-3-2-4-6-11/h2-6,12H,7-9H2,1H3,(H,15,17). The van der Waals surface area contributed by atoms with Crippen molar-refractivity contribution < 1.29 is 19.1 Å². The smallest absolute Gasteiger partial charge is 0.410 e. The highest BCUT2D eigenvalue weighted by atomic mass is 16.6. The number of likely N-dealkylation sites (tertiary alicyclic amines) is 1. The molecule has 0 aliphatic carbocycles. The average Bonchev–Trinajstić information content (AvgIpc) is 2.78. The monoisotopic (exact) mass is 276 g/mol. The molecule has 1 unspecified atom stereocenters. The number of ether oxygens (including phenoxy) is 1. The summed E-state index contributed by atoms with van der Waals surface area (Å²) in [6, 6.07) is 8.66. The summed E-state index contributed by atoms with van der Waals surface area (Å²) in [5.41, 5.74) is 0.879. The highest BCUT2D eigenvalue weighted by Gasteiger charge is 2.34. The summed E-state index contributed by atoms with van der Waals surface area (Å²) >= 11 is 0. The predicted molar refractivity (Wildman–Crippen MR) is 70.8 cm³/mol. The zero-order valence-corrected chi connectivity index (χ0v) is 11.2. The highest BCUT2D eigenvalue weighted by Crippen LogP contribution is 2.09. The summed E-state index contributed by atoms with van der Waals surface area (Å²) < 4.78 is 5.14. The van der Waals surface area contributed by atoms with Gasteiger partial charge in [-0.25, -0.2) is 4.79 Å². The van der Waals surface area contributed by atoms with E-state index < -0.39 is 12.1 Å². The summed E-state index contributed by atoms with van der Waals surface area (Å²) in [5, 5.41) is 2.51. The molecule has 1 saturated heterocycles. The van der Waals surface area contributed by atoms with E-state index >= 15 is 0 Å². The molecular formula is C14H16N2O4. The van der Waals surface area contributed by atoms with Crippen molar-refractivity contribution in [3.8, 4) is 0 Å². The largest absolute Gasteiger partial charge is 0.445 e. The summed E-state index contributed by atoms with van der Waals surface area (Å²) in [5.74, 6) is -0.472. The Labute approximate surface area is 116 Å². The number of amides is 2. The van der Waals surface area contributed by atoms with Crippen LogP contribution in [0.4, 0.5) is 4.79 Å². The molecule has 1 aromatic carbocycles. The van der Waals surface area contributed by atoms with Crippen LogP contribution in [0.15, 0.2) is 30.3 Å². The Morgan fingerprint density at radius 3 is 2.70 bits per heavy atom. The Hall–Kier alpha value is -2.37. The first-order valence-electron chi connectivity index (χ1n) is 6.31. The third-order valence-corrected chi connectivity index (χ3v) is 2.98. The number of carbonyl (C=O) groups is 3. The van der Waals surface area contributed by atoms with Crippen LogP contribution in [0.1, 0.15) is 12.5 Å². The molecule has 0 spiro atoms. The van der Waals surface area contributed by atoms with Crippen molar-refractivity contribution in [3.63, 3.8) is 0 Å². The summed E-state index contributed by atoms with van der Waals surface area (Å²) in [7, 11) is 0. The van der Waals surface area contributed by atoms with Gasteiger partial charge in [-0.05, 0) is 5.56 Å². The number of Topliss-reactive ketones (excluding diaryl/α,β-unsaturated/α-hetero) is 1. The third kappa shape index (κ3) is 3.57. The van der Waals surface area contributed by atoms with Crippen molar-refractivity contribution in [3.05, 3.63) is 35.9 Å². The van der Waals surface area contributed by atoms with Crippen LogP contribution in [0.25, 0.3) is 0 Å². The van der Waals surface area contributed by atoms with E-state index in [0.29, 0.717) is 0 Å². The minimum absolute atomic E-state index is 0.0292. The SMILES string of the molecule is CC(=O)NC1CN(C(=O)OCc2ccccc2)CC1=O. The lowest BCUT2D eigenvalue weighted by molar-refractivity contribution is -0.124. The summed E-state index contributed by atoms with van der Waals surface area (Å²) in [6.07, 6.45) is -0.546. The van der Waals surface area contributed by atoms with Crippen LogP contribution in [-0.2, 0) is 20.9 Å². The van der Waals surface area contributed by atoms with E-state index in [0.717, 1.165) is 5.56 Å². The van der Waals surface area contributed by atoms with Crippen LogP contribution in [-0.4, -0.2) is 41.8 Å². The minimum atomic E-state index is -0.628. The molecular weight excluding hydrogens is 260 g/mol. The molecule has 2 rings (SSSR count). The molecule has 2 amide bonds. The second kappa shape index (κ2) is 6.18. The number of rotatable bonds is 3. The lowest BCUT2D eigenvalue weighted by atomic mass is 10.2. The van der Waals surface area contributed by atoms with Crippen LogP contribution in [0, 0.1) is 0 Å². The predicted octanol–water partition coefficient (Wildman–Crippen LogP) is 0.713. The van der Waals surface area contributed by atoms with Crippen LogP contribution < -0.4 is 5.32 Å². The van der Waals surface area contributed by atoms with Gasteiger partial charge in [0.1, 0.15) is 12.6 Å². The van der Waals surface area contributed by atoms with E-state index in [1.165, 1.54) is 11.8 Å². The number of hydrogen-bond acceptors (Lipinski definition) is 4. The highest BCUT2D eigenvalue weighted by molar-refractivity contribution is 5.94. The average molecular weight is 276 g/mol. The first-order chi connectivity index (χ1) is 9.56. The van der Waals surface area contributed by atoms with Gasteiger partial charge in [-0.15, -0.1) is 0 Å². The Kier molecular flexibility index (Phi) is 4.34. The van der Waals surface area contributed by atoms with Crippen molar-refractivity contribution >= 4 is 17.8 Å². The number of benzene rings is 1. The third-order valence-electron chi connectivity index (χ3n) is 2.98. The van der Waals surface area contributed by atoms with Crippen LogP contribution >= 0.6 is 0 Å². The topological polar surface area (TPSA) is 75.7 Å². The van der Waals surface area contributed by atoms with Gasteiger partial charge in [0.25, 0.3) is 0 Å². The van der Waals surface area contributed by atoms with E-state index in [1.807, 2.05) is 30.3 Å². The molecule has 1 N–H and O–H groups in total. The summed E-state index contributed by atoms with van der Waals surface area (Å²) in [4.78, 5) is 35.7. The fourth-order valence-electron chi connectivity index (χ4n) is 2.01. The molecule has 0 saturated carbocycles. The van der Waals surface area contributed by atoms with Crippen molar-refractivity contribution in [2.45, 2.75) is 19.6 Å². The molecule has 20 heavy (non-hydrogen) atoms. The molecule has 1 heterocycles. The Balaban J connectivity index is 1.85. The molecule has 1 fully saturated rings. The van der Waals surface area contributed by atoms with Gasteiger partial charge in [0.15, 0.2) is 5.78 Å². The number of nitrogens with zero attached hydrogens (tertiary/aromatic N) is 1. The Morgan fingerprint density at radius 2 is 2.05 bits per heavy atom. The van der Waals surface area contributed by atoms with Gasteiger partial charge in [0.05, 0.1) is 13.1 Å². The Morgan fingerprint density at radius 1 is 1.35 bits per heavy atom. The molecule has 0 bridgehead atoms. The lowest BCUT2D eigenvalue weighted by Gasteiger charge is -2.15. The van der Waals surface area contributed by atoms with Crippen LogP contribution in [0.3, 0.4) is 0 Å². The summed E-state index contributed by atoms with van der Waals surface area (Å²) in [6.45, 7) is 1.63. The number of nitrogens with one attached hydrogen (secondary N) is 1. The van der Waals surface area contributed by atoms with E-state index in [9.17, 15) is 14.4 Å². The first-order valence-corrected chi connectivity index (χ1v) is 6.31. The molecule has 0 aromatic heterocycles. The van der Waals surface area contributed by atoms with Crippen molar-refractivity contribution in [2.24, 2.45) is 0 Å². The zero-order valence-electron chi connectivity index (χ0n) is 11.2. The van der Waals surface area contributed by atoms with Crippen molar-refractivity contribution in [2.75, 3.05) is 13.1 Å². The normalized spacial score (nSPS) is 17.9. The minimum Gasteiger partial charge on any atom is -0.445 e. The van der Waals surface area contributed by atoms with Crippen LogP contribution in [0.2, 0.25) is 0 Å². The van der Waals surface area contributed by atoms with Crippen LogP contribution in [0.5, 0.6) is 0 Å². The fraction of sp³-hybridized carbons (Fsp3) is 0.357. The maximum Gasteiger partial charge on any atom is 0.410 e. The molecule has 6 nitrogen and oxygen atoms in total. The fourth-order valence-corrected chi connectivity index (χ4v) is 2.01. The zero-order chi connectivity index (χ0) is 14.5. The molecule has 0 radical (unpaired) electrons. The van der Waals surface area contributed by atoms with Gasteiger partial charge >= 0.3 is 6.09 Å². The van der Waals surface area contributed by atoms with Crippen molar-refractivity contribution in [1.82, 2.24) is 10.2 Å². The molecule has 1 atom stereocenters. The molecule has 6 heteroatoms. The Bertz CT molecular complexity index is 515. The number of ketones is 1. The second-order valence-electron chi connectivity index (χ2n) is 4.64. The van der Waals surface area contributed by atoms with Gasteiger partial charge in [0.2, 0.25) is 5.91 Å². The van der Waals surface area contributed by atoms with Gasteiger partial charge in [-0.1, -0.05) is 30.3 Å². The molecule has 106 valence electrons. The van der Waals surface area contributed by atoms with E-state index in [1.54, 1.807) is 0 Å². The molecule has 1 aromatic rings. The van der Waals surface area contributed by atoms with E-state index in [-0.39, 0.29) is 31.4 Å². The van der Waals surface area contributed by atoms with Gasteiger partial charge < -0.3 is 10.1 Å². The quantitative estimate of drug-likeness (QED) is 0.882. The van der Waals surface area contributed by atoms with Gasteiger partial charge in [-0.3, -0.25) is 14.5 Å². The molecule has 1 aliphatic heterocycles. The van der Waals surface area contributed by atoms with Gasteiger partial charge in [0, 0.05) is 6.92 Å². The van der Waals surface area contributed by atoms with Gasteiger partial charge in [-0.2, -0.15) is 0 Å². The second-order valence-corrected chi connectivity index (χ2v) is 4.64.